The maximum absolute atomic E-state index is 12.3. The molecule has 1 atom stereocenters. The first kappa shape index (κ1) is 22.5. The maximum Gasteiger partial charge on any atom is 0.177 e. The molecule has 0 fully saturated rings. The van der Waals surface area contributed by atoms with Crippen LogP contribution in [0.25, 0.3) is 0 Å². The van der Waals surface area contributed by atoms with Crippen molar-refractivity contribution in [1.29, 1.82) is 0 Å². The molecule has 0 bridgehead atoms. The van der Waals surface area contributed by atoms with Crippen LogP contribution in [0.2, 0.25) is 0 Å². The van der Waals surface area contributed by atoms with Gasteiger partial charge in [0.2, 0.25) is 0 Å². The predicted molar refractivity (Wildman–Crippen MR) is 90.4 cm³/mol. The normalized spacial score (nSPS) is 13.7. The molecule has 0 aliphatic rings. The van der Waals surface area contributed by atoms with Crippen LogP contribution in [-0.2, 0) is 20.9 Å². The minimum atomic E-state index is -1.94. The van der Waals surface area contributed by atoms with Gasteiger partial charge in [-0.25, -0.2) is 0 Å². The van der Waals surface area contributed by atoms with Crippen LogP contribution in [-0.4, -0.2) is 61.2 Å². The monoisotopic (exact) mass is 359 g/mol. The van der Waals surface area contributed by atoms with Gasteiger partial charge in [0.25, 0.3) is 0 Å². The number of Topliss-reactive ketones (excluding diaryl/α,β-unsaturated/α-hetero) is 1. The molecule has 1 aromatic rings. The third-order valence-electron chi connectivity index (χ3n) is 3.28. The third-order valence-corrected chi connectivity index (χ3v) is 3.28. The highest BCUT2D eigenvalue weighted by Gasteiger charge is 2.40. The van der Waals surface area contributed by atoms with Crippen molar-refractivity contribution in [3.05, 3.63) is 35.9 Å². The van der Waals surface area contributed by atoms with Gasteiger partial charge in [-0.2, -0.15) is 0 Å². The second-order valence-corrected chi connectivity index (χ2v) is 6.74. The van der Waals surface area contributed by atoms with E-state index in [-0.39, 0.29) is 36.5 Å². The van der Waals surface area contributed by atoms with E-state index in [0.29, 0.717) is 6.61 Å². The number of aliphatic carboxylic acids is 1. The summed E-state index contributed by atoms with van der Waals surface area (Å²) in [6.45, 7) is 0.487. The van der Waals surface area contributed by atoms with E-state index in [0.717, 1.165) is 5.56 Å². The zero-order valence-electron chi connectivity index (χ0n) is 14.4. The molecule has 7 heteroatoms. The van der Waals surface area contributed by atoms with Gasteiger partial charge in [0.15, 0.2) is 11.4 Å². The number of ketones is 1. The maximum atomic E-state index is 12.3. The van der Waals surface area contributed by atoms with Crippen molar-refractivity contribution in [3.63, 3.8) is 0 Å². The molecule has 1 N–H and O–H groups in total. The Morgan fingerprint density at radius 2 is 1.79 bits per heavy atom. The van der Waals surface area contributed by atoms with Crippen LogP contribution in [0, 0.1) is 0 Å². The average molecular weight is 360 g/mol. The van der Waals surface area contributed by atoms with Crippen molar-refractivity contribution in [1.82, 2.24) is 0 Å². The van der Waals surface area contributed by atoms with E-state index in [2.05, 4.69) is 0 Å². The highest BCUT2D eigenvalue weighted by atomic mass is 35.5. The standard InChI is InChI=1S/C17H25NO5.ClH/c1-18(2,3)13-17(22,11-16(20)21)15(19)9-10-23-12-14-7-5-4-6-8-14;/h4-8,22H,9-13H2,1-3H3;1H. The van der Waals surface area contributed by atoms with E-state index in [9.17, 15) is 19.8 Å². The Kier molecular flexibility index (Phi) is 9.14. The Morgan fingerprint density at radius 1 is 1.21 bits per heavy atom. The van der Waals surface area contributed by atoms with Gasteiger partial charge in [0, 0.05) is 18.8 Å². The van der Waals surface area contributed by atoms with E-state index < -0.39 is 23.8 Å². The molecule has 0 saturated heterocycles. The van der Waals surface area contributed by atoms with Crippen molar-refractivity contribution in [2.45, 2.75) is 25.0 Å². The summed E-state index contributed by atoms with van der Waals surface area (Å²) >= 11 is 0. The summed E-state index contributed by atoms with van der Waals surface area (Å²) in [7, 11) is 5.33. The fraction of sp³-hybridized carbons (Fsp3) is 0.529. The number of rotatable bonds is 10. The summed E-state index contributed by atoms with van der Waals surface area (Å²) in [5.41, 5.74) is -0.955. The second kappa shape index (κ2) is 9.74. The molecule has 0 aromatic heterocycles. The minimum absolute atomic E-state index is 0. The summed E-state index contributed by atoms with van der Waals surface area (Å²) in [6, 6.07) is 9.50. The molecule has 0 amide bonds. The molecule has 0 radical (unpaired) electrons. The fourth-order valence-electron chi connectivity index (χ4n) is 2.43. The lowest BCUT2D eigenvalue weighted by Crippen LogP contribution is -2.56. The van der Waals surface area contributed by atoms with Crippen LogP contribution in [0.3, 0.4) is 0 Å². The second-order valence-electron chi connectivity index (χ2n) is 6.74. The molecule has 0 aliphatic heterocycles. The Balaban J connectivity index is 0.00000529. The molecule has 1 aromatic carbocycles. The van der Waals surface area contributed by atoms with Gasteiger partial charge in [-0.05, 0) is 5.56 Å². The van der Waals surface area contributed by atoms with E-state index >= 15 is 0 Å². The number of carbonyl (C=O) groups is 2. The lowest BCUT2D eigenvalue weighted by atomic mass is 9.91. The molecular formula is C17H26ClNO5. The molecule has 136 valence electrons. The van der Waals surface area contributed by atoms with Crippen molar-refractivity contribution in [3.8, 4) is 0 Å². The zero-order chi connectivity index (χ0) is 17.5. The number of aliphatic hydroxyl groups is 1. The number of halogens is 1. The highest BCUT2D eigenvalue weighted by molar-refractivity contribution is 5.90. The first-order valence-corrected chi connectivity index (χ1v) is 7.50. The first-order valence-electron chi connectivity index (χ1n) is 7.50. The van der Waals surface area contributed by atoms with Crippen LogP contribution in [0.1, 0.15) is 18.4 Å². The Hall–Kier alpha value is -1.47. The quantitative estimate of drug-likeness (QED) is 0.475. The Labute approximate surface area is 149 Å². The van der Waals surface area contributed by atoms with Gasteiger partial charge in [-0.15, -0.1) is 12.4 Å². The SMILES string of the molecule is C[N+](C)(C)CC(O)(CC(=O)[O-])C(=O)CCOCc1ccccc1.Cl. The van der Waals surface area contributed by atoms with Gasteiger partial charge in [-0.3, -0.25) is 4.79 Å². The van der Waals surface area contributed by atoms with Crippen molar-refractivity contribution < 1.29 is 29.0 Å². The lowest BCUT2D eigenvalue weighted by molar-refractivity contribution is -0.875. The summed E-state index contributed by atoms with van der Waals surface area (Å²) in [5.74, 6) is -1.98. The fourth-order valence-corrected chi connectivity index (χ4v) is 2.43. The minimum Gasteiger partial charge on any atom is -0.550 e. The first-order chi connectivity index (χ1) is 10.6. The van der Waals surface area contributed by atoms with Gasteiger partial charge in [0.05, 0.1) is 34.4 Å². The molecular weight excluding hydrogens is 334 g/mol. The summed E-state index contributed by atoms with van der Waals surface area (Å²) in [6.07, 6.45) is -0.753. The summed E-state index contributed by atoms with van der Waals surface area (Å²) < 4.78 is 5.68. The molecule has 24 heavy (non-hydrogen) atoms. The Bertz CT molecular complexity index is 530. The lowest BCUT2D eigenvalue weighted by Gasteiger charge is -2.34. The molecule has 0 spiro atoms. The average Bonchev–Trinajstić information content (AvgIpc) is 2.41. The number of ether oxygens (including phenoxy) is 1. The topological polar surface area (TPSA) is 86.7 Å². The smallest absolute Gasteiger partial charge is 0.177 e. The van der Waals surface area contributed by atoms with Crippen molar-refractivity contribution >= 4 is 24.2 Å². The number of likely N-dealkylation sites (N-methyl/N-ethyl adjacent to an activating group) is 1. The molecule has 0 aliphatic carbocycles. The van der Waals surface area contributed by atoms with Crippen LogP contribution in [0.15, 0.2) is 30.3 Å². The molecule has 0 saturated carbocycles. The van der Waals surface area contributed by atoms with Crippen LogP contribution >= 0.6 is 12.4 Å². The third kappa shape index (κ3) is 8.40. The van der Waals surface area contributed by atoms with Crippen LogP contribution in [0.4, 0.5) is 0 Å². The van der Waals surface area contributed by atoms with Crippen LogP contribution in [0.5, 0.6) is 0 Å². The van der Waals surface area contributed by atoms with E-state index in [1.807, 2.05) is 30.3 Å². The van der Waals surface area contributed by atoms with Crippen molar-refractivity contribution in [2.75, 3.05) is 34.3 Å². The summed E-state index contributed by atoms with van der Waals surface area (Å²) in [5, 5.41) is 21.3. The van der Waals surface area contributed by atoms with Crippen molar-refractivity contribution in [2.24, 2.45) is 0 Å². The number of carboxylic acid groups (broad SMARTS) is 1. The highest BCUT2D eigenvalue weighted by Crippen LogP contribution is 2.17. The van der Waals surface area contributed by atoms with Crippen LogP contribution < -0.4 is 5.11 Å². The molecule has 0 heterocycles. The number of quaternary nitrogens is 1. The molecule has 1 rings (SSSR count). The van der Waals surface area contributed by atoms with Gasteiger partial charge in [-0.1, -0.05) is 30.3 Å². The van der Waals surface area contributed by atoms with Gasteiger partial charge in [0.1, 0.15) is 6.54 Å². The largest absolute Gasteiger partial charge is 0.550 e. The summed E-state index contributed by atoms with van der Waals surface area (Å²) in [4.78, 5) is 23.1. The number of hydrogen-bond acceptors (Lipinski definition) is 5. The Morgan fingerprint density at radius 3 is 2.29 bits per heavy atom. The molecule has 1 unspecified atom stereocenters. The number of nitrogens with zero attached hydrogens (tertiary/aromatic N) is 1. The molecule has 6 nitrogen and oxygen atoms in total. The van der Waals surface area contributed by atoms with Gasteiger partial charge < -0.3 is 24.2 Å². The number of benzene rings is 1. The van der Waals surface area contributed by atoms with Gasteiger partial charge >= 0.3 is 0 Å². The number of carbonyl (C=O) groups excluding carboxylic acids is 2. The predicted octanol–water partition coefficient (Wildman–Crippen LogP) is 0.162. The van der Waals surface area contributed by atoms with E-state index in [1.165, 1.54) is 0 Å². The number of carboxylic acids is 1. The van der Waals surface area contributed by atoms with E-state index in [4.69, 9.17) is 4.74 Å². The number of hydrogen-bond donors (Lipinski definition) is 1. The van der Waals surface area contributed by atoms with E-state index in [1.54, 1.807) is 21.1 Å². The zero-order valence-corrected chi connectivity index (χ0v) is 15.2.